The maximum atomic E-state index is 5.13. The Kier molecular flexibility index (Phi) is 5.61. The van der Waals surface area contributed by atoms with Gasteiger partial charge >= 0.3 is 0 Å². The molecule has 2 fully saturated rings. The highest BCUT2D eigenvalue weighted by Gasteiger charge is 2.29. The van der Waals surface area contributed by atoms with Crippen molar-refractivity contribution in [2.75, 3.05) is 55.4 Å². The highest BCUT2D eigenvalue weighted by molar-refractivity contribution is 5.94. The van der Waals surface area contributed by atoms with Crippen LogP contribution in [0.4, 0.5) is 23.1 Å². The molecular formula is C26H29N9. The molecule has 0 amide bonds. The Morgan fingerprint density at radius 3 is 2.60 bits per heavy atom. The molecule has 9 nitrogen and oxygen atoms in total. The van der Waals surface area contributed by atoms with Crippen molar-refractivity contribution in [2.24, 2.45) is 0 Å². The summed E-state index contributed by atoms with van der Waals surface area (Å²) >= 11 is 0. The molecule has 178 valence electrons. The van der Waals surface area contributed by atoms with Crippen molar-refractivity contribution in [3.8, 4) is 11.4 Å². The smallest absolute Gasteiger partial charge is 0.162 e. The number of anilines is 4. The third-order valence-electron chi connectivity index (χ3n) is 6.55. The molecule has 0 aromatic carbocycles. The number of aromatic nitrogens is 5. The summed E-state index contributed by atoms with van der Waals surface area (Å²) in [5, 5.41) is 7.96. The van der Waals surface area contributed by atoms with Crippen molar-refractivity contribution in [3.63, 3.8) is 0 Å². The largest absolute Gasteiger partial charge is 0.363 e. The first-order chi connectivity index (χ1) is 17.2. The van der Waals surface area contributed by atoms with Crippen LogP contribution in [0.15, 0.2) is 49.1 Å². The first-order valence-electron chi connectivity index (χ1n) is 12.1. The van der Waals surface area contributed by atoms with Crippen molar-refractivity contribution < 1.29 is 0 Å². The van der Waals surface area contributed by atoms with E-state index in [1.165, 1.54) is 18.4 Å². The van der Waals surface area contributed by atoms with Gasteiger partial charge in [-0.2, -0.15) is 0 Å². The molecule has 0 bridgehead atoms. The van der Waals surface area contributed by atoms with Gasteiger partial charge < -0.3 is 20.4 Å². The Hall–Kier alpha value is -3.85. The van der Waals surface area contributed by atoms with Gasteiger partial charge in [-0.05, 0) is 48.6 Å². The van der Waals surface area contributed by atoms with Crippen LogP contribution in [0.3, 0.4) is 0 Å². The number of nitrogens with zero attached hydrogens (tertiary/aromatic N) is 7. The van der Waals surface area contributed by atoms with E-state index in [9.17, 15) is 0 Å². The van der Waals surface area contributed by atoms with Crippen LogP contribution in [0, 0.1) is 0 Å². The van der Waals surface area contributed by atoms with Crippen molar-refractivity contribution >= 4 is 34.0 Å². The monoisotopic (exact) mass is 467 g/mol. The van der Waals surface area contributed by atoms with Gasteiger partial charge in [0.2, 0.25) is 0 Å². The van der Waals surface area contributed by atoms with Gasteiger partial charge in [-0.15, -0.1) is 0 Å². The zero-order valence-electron chi connectivity index (χ0n) is 20.1. The van der Waals surface area contributed by atoms with Crippen molar-refractivity contribution in [1.29, 1.82) is 0 Å². The Balaban J connectivity index is 1.38. The van der Waals surface area contributed by atoms with E-state index in [2.05, 4.69) is 30.5 Å². The van der Waals surface area contributed by atoms with E-state index in [4.69, 9.17) is 9.97 Å². The van der Waals surface area contributed by atoms with Gasteiger partial charge in [-0.1, -0.05) is 0 Å². The number of hydrogen-bond acceptors (Lipinski definition) is 9. The van der Waals surface area contributed by atoms with Crippen LogP contribution < -0.4 is 20.4 Å². The lowest BCUT2D eigenvalue weighted by Crippen LogP contribution is -2.44. The summed E-state index contributed by atoms with van der Waals surface area (Å²) in [6, 6.07) is 7.92. The average Bonchev–Trinajstić information content (AvgIpc) is 3.74. The summed E-state index contributed by atoms with van der Waals surface area (Å²) in [4.78, 5) is 28.0. The fourth-order valence-corrected chi connectivity index (χ4v) is 4.54. The highest BCUT2D eigenvalue weighted by Crippen LogP contribution is 2.44. The van der Waals surface area contributed by atoms with Gasteiger partial charge in [-0.25, -0.2) is 19.9 Å². The van der Waals surface area contributed by atoms with E-state index >= 15 is 0 Å². The summed E-state index contributed by atoms with van der Waals surface area (Å²) < 4.78 is 0. The lowest BCUT2D eigenvalue weighted by Gasteiger charge is -2.30. The molecule has 2 aliphatic rings. The third kappa shape index (κ3) is 4.46. The molecule has 35 heavy (non-hydrogen) atoms. The van der Waals surface area contributed by atoms with Gasteiger partial charge in [-0.3, -0.25) is 4.98 Å². The number of piperazine rings is 1. The van der Waals surface area contributed by atoms with E-state index in [0.29, 0.717) is 11.7 Å². The topological polar surface area (TPSA) is 95.0 Å². The standard InChI is InChI=1S/C26H29N9/c1-34(2)23-6-5-19(14-30-23)31-22-13-18(7-8-29-22)25-32-21-16-28-15-20(17-3-4-17)24(21)26(33-25)35-11-9-27-10-12-35/h5-8,13-17,27H,3-4,9-12H2,1-2H3,(H,29,31). The van der Waals surface area contributed by atoms with Gasteiger partial charge in [0.15, 0.2) is 5.82 Å². The van der Waals surface area contributed by atoms with Gasteiger partial charge in [0.25, 0.3) is 0 Å². The predicted octanol–water partition coefficient (Wildman–Crippen LogP) is 3.58. The Labute approximate surface area is 204 Å². The molecule has 1 aliphatic carbocycles. The fraction of sp³-hybridized carbons (Fsp3) is 0.346. The highest BCUT2D eigenvalue weighted by atomic mass is 15.2. The first kappa shape index (κ1) is 21.7. The summed E-state index contributed by atoms with van der Waals surface area (Å²) in [6.07, 6.45) is 9.91. The molecule has 4 aromatic rings. The number of hydrogen-bond donors (Lipinski definition) is 2. The quantitative estimate of drug-likeness (QED) is 0.441. The van der Waals surface area contributed by atoms with Crippen LogP contribution in [0.2, 0.25) is 0 Å². The summed E-state index contributed by atoms with van der Waals surface area (Å²) in [5.74, 6) is 3.91. The van der Waals surface area contributed by atoms with E-state index in [1.54, 1.807) is 6.20 Å². The molecule has 1 saturated carbocycles. The van der Waals surface area contributed by atoms with Gasteiger partial charge in [0.1, 0.15) is 17.5 Å². The minimum atomic E-state index is 0.575. The second-order valence-electron chi connectivity index (χ2n) is 9.36. The zero-order valence-corrected chi connectivity index (χ0v) is 20.1. The van der Waals surface area contributed by atoms with Gasteiger partial charge in [0, 0.05) is 63.6 Å². The maximum Gasteiger partial charge on any atom is 0.162 e. The Morgan fingerprint density at radius 2 is 1.86 bits per heavy atom. The molecule has 4 aromatic heterocycles. The summed E-state index contributed by atoms with van der Waals surface area (Å²) in [5.41, 5.74) is 3.98. The Morgan fingerprint density at radius 1 is 1.00 bits per heavy atom. The SMILES string of the molecule is CN(C)c1ccc(Nc2cc(-c3nc(N4CCNCC4)c4c(C5CC5)cncc4n3)ccn2)cn1. The number of rotatable bonds is 6. The Bertz CT molecular complexity index is 1340. The van der Waals surface area contributed by atoms with Crippen LogP contribution in [-0.2, 0) is 0 Å². The molecular weight excluding hydrogens is 438 g/mol. The molecule has 1 saturated heterocycles. The normalized spacial score (nSPS) is 15.9. The van der Waals surface area contributed by atoms with Crippen LogP contribution in [0.25, 0.3) is 22.3 Å². The zero-order chi connectivity index (χ0) is 23.8. The molecule has 2 N–H and O–H groups in total. The van der Waals surface area contributed by atoms with Crippen molar-refractivity contribution in [3.05, 3.63) is 54.6 Å². The number of nitrogens with one attached hydrogen (secondary N) is 2. The second kappa shape index (κ2) is 9.07. The summed E-state index contributed by atoms with van der Waals surface area (Å²) in [7, 11) is 3.95. The third-order valence-corrected chi connectivity index (χ3v) is 6.55. The molecule has 9 heteroatoms. The molecule has 6 rings (SSSR count). The second-order valence-corrected chi connectivity index (χ2v) is 9.36. The summed E-state index contributed by atoms with van der Waals surface area (Å²) in [6.45, 7) is 3.76. The lowest BCUT2D eigenvalue weighted by molar-refractivity contribution is 0.586. The maximum absolute atomic E-state index is 5.13. The van der Waals surface area contributed by atoms with Crippen molar-refractivity contribution in [1.82, 2.24) is 30.2 Å². The molecule has 0 spiro atoms. The van der Waals surface area contributed by atoms with Crippen LogP contribution in [0.1, 0.15) is 24.3 Å². The lowest BCUT2D eigenvalue weighted by atomic mass is 10.1. The molecule has 5 heterocycles. The van der Waals surface area contributed by atoms with E-state index < -0.39 is 0 Å². The molecule has 1 aliphatic heterocycles. The van der Waals surface area contributed by atoms with Crippen LogP contribution in [0.5, 0.6) is 0 Å². The van der Waals surface area contributed by atoms with Gasteiger partial charge in [0.05, 0.1) is 23.6 Å². The molecule has 0 atom stereocenters. The van der Waals surface area contributed by atoms with E-state index in [0.717, 1.165) is 65.8 Å². The number of pyridine rings is 3. The first-order valence-corrected chi connectivity index (χ1v) is 12.1. The average molecular weight is 468 g/mol. The minimum Gasteiger partial charge on any atom is -0.363 e. The number of fused-ring (bicyclic) bond motifs is 1. The van der Waals surface area contributed by atoms with Crippen LogP contribution in [-0.4, -0.2) is 65.2 Å². The van der Waals surface area contributed by atoms with E-state index in [1.807, 2.05) is 61.9 Å². The van der Waals surface area contributed by atoms with Crippen LogP contribution >= 0.6 is 0 Å². The van der Waals surface area contributed by atoms with Crippen molar-refractivity contribution in [2.45, 2.75) is 18.8 Å². The fourth-order valence-electron chi connectivity index (χ4n) is 4.54. The molecule has 0 unspecified atom stereocenters. The predicted molar refractivity (Wildman–Crippen MR) is 139 cm³/mol. The minimum absolute atomic E-state index is 0.575. The van der Waals surface area contributed by atoms with E-state index in [-0.39, 0.29) is 0 Å². The molecule has 0 radical (unpaired) electrons.